The third-order valence-electron chi connectivity index (χ3n) is 2.10. The molecule has 0 heterocycles. The van der Waals surface area contributed by atoms with Gasteiger partial charge in [0.15, 0.2) is 0 Å². The van der Waals surface area contributed by atoms with Crippen molar-refractivity contribution < 1.29 is 9.31 Å². The molecule has 0 radical (unpaired) electrons. The van der Waals surface area contributed by atoms with Gasteiger partial charge in [0.25, 0.3) is 0 Å². The van der Waals surface area contributed by atoms with E-state index in [2.05, 4.69) is 15.9 Å². The van der Waals surface area contributed by atoms with Gasteiger partial charge in [-0.25, -0.2) is 0 Å². The molecule has 0 atom stereocenters. The first-order valence-electron chi connectivity index (χ1n) is 4.12. The second-order valence-corrected chi connectivity index (χ2v) is 3.85. The Hall–Kier alpha value is -1.49. The molecular formula is C10H5BrFNO2. The predicted molar refractivity (Wildman–Crippen MR) is 58.3 cm³/mol. The maximum Gasteiger partial charge on any atom is 0.319 e. The molecule has 3 nitrogen and oxygen atoms in total. The van der Waals surface area contributed by atoms with Crippen LogP contribution in [-0.2, 0) is 0 Å². The van der Waals surface area contributed by atoms with Crippen LogP contribution in [0.4, 0.5) is 10.1 Å². The molecule has 0 spiro atoms. The number of rotatable bonds is 1. The number of halogens is 2. The summed E-state index contributed by atoms with van der Waals surface area (Å²) in [5.74, 6) is -0.801. The number of hydrogen-bond acceptors (Lipinski definition) is 2. The molecule has 0 unspecified atom stereocenters. The number of nitro groups is 1. The Morgan fingerprint density at radius 2 is 2.00 bits per heavy atom. The number of hydrogen-bond donors (Lipinski definition) is 0. The zero-order valence-electron chi connectivity index (χ0n) is 7.41. The van der Waals surface area contributed by atoms with Crippen LogP contribution in [0.3, 0.4) is 0 Å². The average molecular weight is 270 g/mol. The smallest absolute Gasteiger partial charge is 0.258 e. The van der Waals surface area contributed by atoms with Crippen LogP contribution in [0.1, 0.15) is 0 Å². The molecule has 0 aliphatic rings. The van der Waals surface area contributed by atoms with Gasteiger partial charge in [-0.05, 0) is 27.4 Å². The highest BCUT2D eigenvalue weighted by molar-refractivity contribution is 9.10. The number of nitrogens with zero attached hydrogens (tertiary/aromatic N) is 1. The zero-order valence-corrected chi connectivity index (χ0v) is 8.99. The zero-order chi connectivity index (χ0) is 11.0. The largest absolute Gasteiger partial charge is 0.319 e. The summed E-state index contributed by atoms with van der Waals surface area (Å²) < 4.78 is 13.9. The summed E-state index contributed by atoms with van der Waals surface area (Å²) in [6.45, 7) is 0. The normalized spacial score (nSPS) is 10.5. The Balaban J connectivity index is 2.90. The molecule has 0 fully saturated rings. The summed E-state index contributed by atoms with van der Waals surface area (Å²) in [5.41, 5.74) is -0.520. The van der Waals surface area contributed by atoms with E-state index in [-0.39, 0.29) is 9.86 Å². The Kier molecular flexibility index (Phi) is 2.40. The van der Waals surface area contributed by atoms with Crippen LogP contribution in [0.2, 0.25) is 0 Å². The van der Waals surface area contributed by atoms with E-state index in [0.717, 1.165) is 0 Å². The van der Waals surface area contributed by atoms with E-state index in [4.69, 9.17) is 0 Å². The van der Waals surface area contributed by atoms with E-state index in [9.17, 15) is 14.5 Å². The summed E-state index contributed by atoms with van der Waals surface area (Å²) in [6.07, 6.45) is 0. The molecular weight excluding hydrogens is 265 g/mol. The van der Waals surface area contributed by atoms with Crippen molar-refractivity contribution >= 4 is 32.4 Å². The standard InChI is InChI=1S/C10H5BrFNO2/c11-8-5-6-3-1-2-4-7(6)9(12)10(8)13(14)15/h1-5H. The van der Waals surface area contributed by atoms with E-state index in [1.54, 1.807) is 18.2 Å². The van der Waals surface area contributed by atoms with E-state index >= 15 is 0 Å². The first-order valence-corrected chi connectivity index (χ1v) is 4.91. The Labute approximate surface area is 92.8 Å². The lowest BCUT2D eigenvalue weighted by Gasteiger charge is -2.02. The highest BCUT2D eigenvalue weighted by Crippen LogP contribution is 2.33. The highest BCUT2D eigenvalue weighted by atomic mass is 79.9. The van der Waals surface area contributed by atoms with Crippen LogP contribution in [0.5, 0.6) is 0 Å². The molecule has 0 aromatic heterocycles. The number of fused-ring (bicyclic) bond motifs is 1. The Morgan fingerprint density at radius 1 is 1.33 bits per heavy atom. The molecule has 5 heteroatoms. The van der Waals surface area contributed by atoms with Gasteiger partial charge < -0.3 is 0 Å². The first-order chi connectivity index (χ1) is 7.11. The van der Waals surface area contributed by atoms with Crippen LogP contribution >= 0.6 is 15.9 Å². The molecule has 76 valence electrons. The van der Waals surface area contributed by atoms with Gasteiger partial charge in [-0.3, -0.25) is 10.1 Å². The minimum atomic E-state index is -0.801. The lowest BCUT2D eigenvalue weighted by molar-refractivity contribution is -0.388. The van der Waals surface area contributed by atoms with Crippen molar-refractivity contribution in [1.82, 2.24) is 0 Å². The molecule has 2 aromatic rings. The van der Waals surface area contributed by atoms with Crippen molar-refractivity contribution in [2.24, 2.45) is 0 Å². The summed E-state index contributed by atoms with van der Waals surface area (Å²) in [4.78, 5) is 9.89. The van der Waals surface area contributed by atoms with Crippen LogP contribution < -0.4 is 0 Å². The van der Waals surface area contributed by atoms with Crippen LogP contribution in [0, 0.1) is 15.9 Å². The monoisotopic (exact) mass is 269 g/mol. The van der Waals surface area contributed by atoms with E-state index < -0.39 is 16.4 Å². The fraction of sp³-hybridized carbons (Fsp3) is 0. The van der Waals surface area contributed by atoms with Crippen LogP contribution in [0.15, 0.2) is 34.8 Å². The minimum absolute atomic E-state index is 0.156. The maximum atomic E-state index is 13.7. The van der Waals surface area contributed by atoms with Gasteiger partial charge in [-0.1, -0.05) is 24.3 Å². The quantitative estimate of drug-likeness (QED) is 0.586. The summed E-state index contributed by atoms with van der Waals surface area (Å²) in [6, 6.07) is 8.15. The molecule has 0 saturated heterocycles. The number of nitro benzene ring substituents is 1. The van der Waals surface area contributed by atoms with Crippen LogP contribution in [-0.4, -0.2) is 4.92 Å². The van der Waals surface area contributed by atoms with Crippen molar-refractivity contribution in [3.8, 4) is 0 Å². The Morgan fingerprint density at radius 3 is 2.67 bits per heavy atom. The second-order valence-electron chi connectivity index (χ2n) is 3.00. The molecule has 0 N–H and O–H groups in total. The summed E-state index contributed by atoms with van der Waals surface area (Å²) in [5, 5.41) is 11.5. The number of benzene rings is 2. The van der Waals surface area contributed by atoms with Crippen molar-refractivity contribution in [2.75, 3.05) is 0 Å². The third kappa shape index (κ3) is 1.59. The van der Waals surface area contributed by atoms with Gasteiger partial charge in [0.2, 0.25) is 5.82 Å². The average Bonchev–Trinajstić information content (AvgIpc) is 2.17. The fourth-order valence-corrected chi connectivity index (χ4v) is 1.99. The molecule has 2 aromatic carbocycles. The first kappa shape index (κ1) is 10.0. The van der Waals surface area contributed by atoms with Crippen molar-refractivity contribution in [1.29, 1.82) is 0 Å². The summed E-state index contributed by atoms with van der Waals surface area (Å²) >= 11 is 2.99. The van der Waals surface area contributed by atoms with Crippen molar-refractivity contribution in [3.05, 3.63) is 50.7 Å². The maximum absolute atomic E-state index is 13.7. The molecule has 0 aliphatic carbocycles. The highest BCUT2D eigenvalue weighted by Gasteiger charge is 2.21. The molecule has 15 heavy (non-hydrogen) atoms. The predicted octanol–water partition coefficient (Wildman–Crippen LogP) is 3.65. The van der Waals surface area contributed by atoms with E-state index in [1.165, 1.54) is 12.1 Å². The van der Waals surface area contributed by atoms with Gasteiger partial charge in [0.1, 0.15) is 0 Å². The van der Waals surface area contributed by atoms with Gasteiger partial charge in [-0.15, -0.1) is 0 Å². The topological polar surface area (TPSA) is 43.1 Å². The minimum Gasteiger partial charge on any atom is -0.258 e. The van der Waals surface area contributed by atoms with E-state index in [0.29, 0.717) is 5.39 Å². The second kappa shape index (κ2) is 3.58. The van der Waals surface area contributed by atoms with Crippen molar-refractivity contribution in [2.45, 2.75) is 0 Å². The lowest BCUT2D eigenvalue weighted by atomic mass is 10.1. The molecule has 0 aliphatic heterocycles. The molecule has 0 amide bonds. The van der Waals surface area contributed by atoms with Gasteiger partial charge in [-0.2, -0.15) is 4.39 Å². The van der Waals surface area contributed by atoms with Gasteiger partial charge >= 0.3 is 5.69 Å². The van der Waals surface area contributed by atoms with Gasteiger partial charge in [0.05, 0.1) is 9.40 Å². The van der Waals surface area contributed by atoms with Gasteiger partial charge in [0, 0.05) is 5.39 Å². The molecule has 0 saturated carbocycles. The summed E-state index contributed by atoms with van der Waals surface area (Å²) in [7, 11) is 0. The SMILES string of the molecule is O=[N+]([O-])c1c(Br)cc2ccccc2c1F. The van der Waals surface area contributed by atoms with Crippen LogP contribution in [0.25, 0.3) is 10.8 Å². The lowest BCUT2D eigenvalue weighted by Crippen LogP contribution is -1.94. The fourth-order valence-electron chi connectivity index (χ4n) is 1.43. The third-order valence-corrected chi connectivity index (χ3v) is 2.70. The van der Waals surface area contributed by atoms with E-state index in [1.807, 2.05) is 0 Å². The molecule has 0 bridgehead atoms. The Bertz CT molecular complexity index is 556. The van der Waals surface area contributed by atoms with Crippen molar-refractivity contribution in [3.63, 3.8) is 0 Å². The molecule has 2 rings (SSSR count).